The molecule has 0 bridgehead atoms. The Morgan fingerprint density at radius 3 is 2.10 bits per heavy atom. The van der Waals surface area contributed by atoms with Crippen LogP contribution in [0.25, 0.3) is 0 Å². The first-order chi connectivity index (χ1) is 18.9. The highest BCUT2D eigenvalue weighted by molar-refractivity contribution is 8.00. The Kier molecular flexibility index (Phi) is 7.86. The molecule has 3 N–H and O–H groups in total. The van der Waals surface area contributed by atoms with E-state index in [0.717, 1.165) is 16.3 Å². The van der Waals surface area contributed by atoms with Crippen molar-refractivity contribution in [1.29, 1.82) is 0 Å². The Labute approximate surface area is 236 Å². The largest absolute Gasteiger partial charge is 0.332 e. The Balaban J connectivity index is 1.29. The Bertz CT molecular complexity index is 1590. The van der Waals surface area contributed by atoms with E-state index in [1.807, 2.05) is 61.5 Å². The van der Waals surface area contributed by atoms with Crippen molar-refractivity contribution in [3.8, 4) is 0 Å². The SMILES string of the molecule is CCC(Sc1cccc(NC(=S)Nc2ccccc2)c1)C(=O)Nc1cccc2c1C(=O)c1ccccc1C2=O. The minimum absolute atomic E-state index is 0.221. The van der Waals surface area contributed by atoms with Crippen LogP contribution in [0.1, 0.15) is 45.2 Å². The molecule has 0 heterocycles. The number of nitrogens with one attached hydrogen (secondary N) is 3. The van der Waals surface area contributed by atoms with Gasteiger partial charge in [0.15, 0.2) is 16.7 Å². The van der Waals surface area contributed by atoms with E-state index < -0.39 is 5.25 Å². The topological polar surface area (TPSA) is 87.3 Å². The highest BCUT2D eigenvalue weighted by Crippen LogP contribution is 2.33. The van der Waals surface area contributed by atoms with Crippen molar-refractivity contribution in [1.82, 2.24) is 0 Å². The minimum atomic E-state index is -0.424. The summed E-state index contributed by atoms with van der Waals surface area (Å²) in [6.07, 6.45) is 0.562. The monoisotopic (exact) mass is 551 g/mol. The number of hydrogen-bond donors (Lipinski definition) is 3. The van der Waals surface area contributed by atoms with Gasteiger partial charge >= 0.3 is 0 Å². The molecule has 1 amide bonds. The summed E-state index contributed by atoms with van der Waals surface area (Å²) in [4.78, 5) is 40.6. The molecule has 0 spiro atoms. The highest BCUT2D eigenvalue weighted by Gasteiger charge is 2.32. The molecule has 4 aromatic rings. The van der Waals surface area contributed by atoms with Crippen LogP contribution in [0.4, 0.5) is 17.1 Å². The van der Waals surface area contributed by atoms with Gasteiger partial charge in [0.05, 0.1) is 16.5 Å². The number of thiocarbonyl (C=S) groups is 1. The number of ketones is 2. The molecule has 1 unspecified atom stereocenters. The third-order valence-electron chi connectivity index (χ3n) is 6.28. The molecule has 1 atom stereocenters. The molecule has 0 aliphatic heterocycles. The van der Waals surface area contributed by atoms with Crippen LogP contribution in [0.3, 0.4) is 0 Å². The van der Waals surface area contributed by atoms with Crippen LogP contribution in [0.2, 0.25) is 0 Å². The number of thioether (sulfide) groups is 1. The molecule has 0 fully saturated rings. The lowest BCUT2D eigenvalue weighted by Gasteiger charge is -2.21. The number of benzene rings is 4. The van der Waals surface area contributed by atoms with Crippen molar-refractivity contribution in [3.63, 3.8) is 0 Å². The first kappa shape index (κ1) is 26.3. The summed E-state index contributed by atoms with van der Waals surface area (Å²) in [7, 11) is 0. The fourth-order valence-electron chi connectivity index (χ4n) is 4.41. The van der Waals surface area contributed by atoms with Crippen LogP contribution in [-0.4, -0.2) is 27.8 Å². The van der Waals surface area contributed by atoms with Gasteiger partial charge in [-0.1, -0.05) is 67.6 Å². The molecule has 0 saturated carbocycles. The van der Waals surface area contributed by atoms with E-state index in [1.165, 1.54) is 11.8 Å². The third-order valence-corrected chi connectivity index (χ3v) is 7.84. The standard InChI is InChI=1S/C31H25N3O3S2/c1-2-26(39-21-13-8-12-20(18-21)33-31(38)32-19-10-4-3-5-11-19)30(37)34-25-17-9-16-24-27(25)29(36)23-15-7-6-14-22(23)28(24)35/h3-18,26H,2H2,1H3,(H,34,37)(H2,32,33,38). The Hall–Kier alpha value is -4.27. The third kappa shape index (κ3) is 5.77. The van der Waals surface area contributed by atoms with Crippen LogP contribution in [0.5, 0.6) is 0 Å². The van der Waals surface area contributed by atoms with Crippen molar-refractivity contribution in [2.24, 2.45) is 0 Å². The van der Waals surface area contributed by atoms with Gasteiger partial charge in [0.25, 0.3) is 0 Å². The van der Waals surface area contributed by atoms with Gasteiger partial charge in [-0.05, 0) is 55.0 Å². The summed E-state index contributed by atoms with van der Waals surface area (Å²) >= 11 is 6.85. The van der Waals surface area contributed by atoms with Gasteiger partial charge in [-0.15, -0.1) is 11.8 Å². The zero-order valence-corrected chi connectivity index (χ0v) is 22.7. The predicted molar refractivity (Wildman–Crippen MR) is 161 cm³/mol. The van der Waals surface area contributed by atoms with Gasteiger partial charge in [0.1, 0.15) is 0 Å². The lowest BCUT2D eigenvalue weighted by atomic mass is 9.83. The second-order valence-electron chi connectivity index (χ2n) is 8.91. The number of anilines is 3. The molecule has 0 radical (unpaired) electrons. The van der Waals surface area contributed by atoms with E-state index in [1.54, 1.807) is 42.5 Å². The van der Waals surface area contributed by atoms with E-state index >= 15 is 0 Å². The zero-order chi connectivity index (χ0) is 27.4. The number of hydrogen-bond acceptors (Lipinski definition) is 5. The second-order valence-corrected chi connectivity index (χ2v) is 10.6. The molecule has 1 aliphatic carbocycles. The number of carbonyl (C=O) groups excluding carboxylic acids is 3. The van der Waals surface area contributed by atoms with Gasteiger partial charge in [-0.25, -0.2) is 0 Å². The van der Waals surface area contributed by atoms with E-state index in [9.17, 15) is 14.4 Å². The van der Waals surface area contributed by atoms with Crippen molar-refractivity contribution in [2.75, 3.05) is 16.0 Å². The van der Waals surface area contributed by atoms with Crippen LogP contribution in [0.15, 0.2) is 102 Å². The molecule has 39 heavy (non-hydrogen) atoms. The summed E-state index contributed by atoms with van der Waals surface area (Å²) in [6, 6.07) is 29.1. The molecule has 0 aromatic heterocycles. The van der Waals surface area contributed by atoms with E-state index in [0.29, 0.717) is 33.9 Å². The summed E-state index contributed by atoms with van der Waals surface area (Å²) in [5, 5.41) is 9.28. The Morgan fingerprint density at radius 1 is 0.744 bits per heavy atom. The number of rotatable bonds is 7. The van der Waals surface area contributed by atoms with Crippen LogP contribution in [0, 0.1) is 0 Å². The highest BCUT2D eigenvalue weighted by atomic mass is 32.2. The minimum Gasteiger partial charge on any atom is -0.332 e. The smallest absolute Gasteiger partial charge is 0.237 e. The predicted octanol–water partition coefficient (Wildman–Crippen LogP) is 6.78. The van der Waals surface area contributed by atoms with Crippen molar-refractivity contribution in [2.45, 2.75) is 23.5 Å². The molecular weight excluding hydrogens is 526 g/mol. The molecule has 5 rings (SSSR count). The van der Waals surface area contributed by atoms with Crippen molar-refractivity contribution >= 4 is 63.6 Å². The lowest BCUT2D eigenvalue weighted by Crippen LogP contribution is -2.28. The molecule has 6 nitrogen and oxygen atoms in total. The van der Waals surface area contributed by atoms with Gasteiger partial charge < -0.3 is 16.0 Å². The normalized spacial score (nSPS) is 12.6. The second kappa shape index (κ2) is 11.6. The molecule has 4 aromatic carbocycles. The number of carbonyl (C=O) groups is 3. The maximum Gasteiger partial charge on any atom is 0.237 e. The number of para-hydroxylation sites is 1. The first-order valence-corrected chi connectivity index (χ1v) is 13.8. The summed E-state index contributed by atoms with van der Waals surface area (Å²) in [5.41, 5.74) is 3.29. The van der Waals surface area contributed by atoms with Crippen molar-refractivity contribution < 1.29 is 14.4 Å². The molecule has 194 valence electrons. The quantitative estimate of drug-likeness (QED) is 0.152. The summed E-state index contributed by atoms with van der Waals surface area (Å²) in [6.45, 7) is 1.93. The van der Waals surface area contributed by atoms with Gasteiger partial charge in [-0.3, -0.25) is 14.4 Å². The number of fused-ring (bicyclic) bond motifs is 2. The van der Waals surface area contributed by atoms with E-state index in [2.05, 4.69) is 16.0 Å². The fraction of sp³-hybridized carbons (Fsp3) is 0.0968. The maximum absolute atomic E-state index is 13.4. The zero-order valence-electron chi connectivity index (χ0n) is 21.1. The molecular formula is C31H25N3O3S2. The fourth-order valence-corrected chi connectivity index (χ4v) is 5.66. The van der Waals surface area contributed by atoms with Crippen molar-refractivity contribution in [3.05, 3.63) is 119 Å². The molecule has 0 saturated heterocycles. The first-order valence-electron chi connectivity index (χ1n) is 12.5. The Morgan fingerprint density at radius 2 is 1.36 bits per heavy atom. The van der Waals surface area contributed by atoms with Crippen LogP contribution >= 0.6 is 24.0 Å². The van der Waals surface area contributed by atoms with Gasteiger partial charge in [-0.2, -0.15) is 0 Å². The average molecular weight is 552 g/mol. The average Bonchev–Trinajstić information content (AvgIpc) is 2.95. The molecule has 8 heteroatoms. The molecule has 1 aliphatic rings. The van der Waals surface area contributed by atoms with E-state index in [4.69, 9.17) is 12.2 Å². The van der Waals surface area contributed by atoms with Gasteiger partial charge in [0.2, 0.25) is 5.91 Å². The summed E-state index contributed by atoms with van der Waals surface area (Å²) < 4.78 is 0. The lowest BCUT2D eigenvalue weighted by molar-refractivity contribution is -0.115. The number of amides is 1. The van der Waals surface area contributed by atoms with Crippen LogP contribution in [-0.2, 0) is 4.79 Å². The van der Waals surface area contributed by atoms with Crippen LogP contribution < -0.4 is 16.0 Å². The maximum atomic E-state index is 13.4. The summed E-state index contributed by atoms with van der Waals surface area (Å²) in [5.74, 6) is -0.730. The van der Waals surface area contributed by atoms with E-state index in [-0.39, 0.29) is 23.0 Å². The van der Waals surface area contributed by atoms with Gasteiger partial charge in [0, 0.05) is 33.0 Å².